The summed E-state index contributed by atoms with van der Waals surface area (Å²) in [5.41, 5.74) is -0.147. The molecule has 0 saturated carbocycles. The van der Waals surface area contributed by atoms with E-state index < -0.39 is 0 Å². The van der Waals surface area contributed by atoms with Crippen molar-refractivity contribution in [1.82, 2.24) is 15.5 Å². The Labute approximate surface area is 115 Å². The zero-order chi connectivity index (χ0) is 14.7. The Bertz CT molecular complexity index is 681. The number of fused-ring (bicyclic) bond motifs is 1. The van der Waals surface area contributed by atoms with Gasteiger partial charge in [-0.2, -0.15) is 5.10 Å². The number of aromatic amines is 1. The van der Waals surface area contributed by atoms with Gasteiger partial charge < -0.3 is 10.4 Å². The number of rotatable bonds is 4. The number of carbonyl (C=O) groups excluding carboxylic acids is 1. The first-order chi connectivity index (χ1) is 9.54. The number of nitrogens with one attached hydrogen (secondary N) is 2. The Kier molecular flexibility index (Phi) is 4.14. The first-order valence-electron chi connectivity index (χ1n) is 6.43. The molecule has 2 rings (SSSR count). The minimum atomic E-state index is -0.370. The van der Waals surface area contributed by atoms with Gasteiger partial charge >= 0.3 is 0 Å². The molecule has 2 unspecified atom stereocenters. The van der Waals surface area contributed by atoms with Gasteiger partial charge in [0.1, 0.15) is 0 Å². The van der Waals surface area contributed by atoms with Crippen molar-refractivity contribution in [3.05, 3.63) is 40.3 Å². The summed E-state index contributed by atoms with van der Waals surface area (Å²) in [4.78, 5) is 23.9. The van der Waals surface area contributed by atoms with Crippen molar-refractivity contribution >= 4 is 16.7 Å². The molecular weight excluding hydrogens is 258 g/mol. The monoisotopic (exact) mass is 275 g/mol. The minimum absolute atomic E-state index is 0.0127. The van der Waals surface area contributed by atoms with Crippen molar-refractivity contribution in [2.45, 2.75) is 19.9 Å². The lowest BCUT2D eigenvalue weighted by Crippen LogP contribution is -2.39. The van der Waals surface area contributed by atoms with Gasteiger partial charge in [-0.1, -0.05) is 25.1 Å². The van der Waals surface area contributed by atoms with E-state index in [1.54, 1.807) is 24.3 Å². The van der Waals surface area contributed by atoms with E-state index in [2.05, 4.69) is 15.5 Å². The van der Waals surface area contributed by atoms with Crippen LogP contribution in [0.4, 0.5) is 0 Å². The van der Waals surface area contributed by atoms with Gasteiger partial charge in [-0.15, -0.1) is 0 Å². The number of nitrogens with zero attached hydrogens (tertiary/aromatic N) is 1. The van der Waals surface area contributed by atoms with E-state index in [9.17, 15) is 9.59 Å². The van der Waals surface area contributed by atoms with Crippen LogP contribution in [0.1, 0.15) is 24.3 Å². The number of aromatic nitrogens is 2. The van der Waals surface area contributed by atoms with E-state index in [1.165, 1.54) is 0 Å². The van der Waals surface area contributed by atoms with Crippen LogP contribution in [-0.2, 0) is 0 Å². The Balaban J connectivity index is 2.36. The number of aliphatic hydroxyl groups is 1. The second-order valence-corrected chi connectivity index (χ2v) is 4.87. The van der Waals surface area contributed by atoms with Crippen molar-refractivity contribution < 1.29 is 9.90 Å². The SMILES string of the molecule is CC(CO)C(C)NC(=O)c1n[nH]c(=O)c2ccccc12. The van der Waals surface area contributed by atoms with Crippen LogP contribution in [0, 0.1) is 5.92 Å². The fourth-order valence-corrected chi connectivity index (χ4v) is 1.86. The summed E-state index contributed by atoms with van der Waals surface area (Å²) in [6.45, 7) is 3.64. The van der Waals surface area contributed by atoms with E-state index in [4.69, 9.17) is 5.11 Å². The van der Waals surface area contributed by atoms with Crippen molar-refractivity contribution in [1.29, 1.82) is 0 Å². The number of amides is 1. The third-order valence-corrected chi connectivity index (χ3v) is 3.41. The van der Waals surface area contributed by atoms with Crippen molar-refractivity contribution in [2.75, 3.05) is 6.61 Å². The molecule has 0 fully saturated rings. The van der Waals surface area contributed by atoms with Crippen LogP contribution in [0.3, 0.4) is 0 Å². The van der Waals surface area contributed by atoms with E-state index in [1.807, 2.05) is 13.8 Å². The molecular formula is C14H17N3O3. The molecule has 0 radical (unpaired) electrons. The maximum absolute atomic E-state index is 12.2. The number of hydrogen-bond donors (Lipinski definition) is 3. The summed E-state index contributed by atoms with van der Waals surface area (Å²) in [6, 6.07) is 6.62. The molecule has 6 heteroatoms. The standard InChI is InChI=1S/C14H17N3O3/c1-8(7-18)9(2)15-14(20)12-10-5-3-4-6-11(10)13(19)17-16-12/h3-6,8-9,18H,7H2,1-2H3,(H,15,20)(H,17,19). The molecule has 0 saturated heterocycles. The van der Waals surface area contributed by atoms with Crippen LogP contribution < -0.4 is 10.9 Å². The van der Waals surface area contributed by atoms with Crippen molar-refractivity contribution in [2.24, 2.45) is 5.92 Å². The van der Waals surface area contributed by atoms with Gasteiger partial charge in [0, 0.05) is 18.0 Å². The summed E-state index contributed by atoms with van der Waals surface area (Å²) < 4.78 is 0. The minimum Gasteiger partial charge on any atom is -0.396 e. The molecule has 1 amide bonds. The molecule has 0 bridgehead atoms. The Morgan fingerprint density at radius 1 is 1.35 bits per heavy atom. The summed E-state index contributed by atoms with van der Waals surface area (Å²) in [6.07, 6.45) is 0. The van der Waals surface area contributed by atoms with Gasteiger partial charge in [0.25, 0.3) is 11.5 Å². The van der Waals surface area contributed by atoms with Gasteiger partial charge in [0.2, 0.25) is 0 Å². The lowest BCUT2D eigenvalue weighted by molar-refractivity contribution is 0.0912. The number of hydrogen-bond acceptors (Lipinski definition) is 4. The van der Waals surface area contributed by atoms with Crippen LogP contribution >= 0.6 is 0 Å². The van der Waals surface area contributed by atoms with Gasteiger partial charge in [0.15, 0.2) is 5.69 Å². The summed E-state index contributed by atoms with van der Waals surface area (Å²) >= 11 is 0. The molecule has 0 aliphatic heterocycles. The molecule has 1 aromatic carbocycles. The van der Waals surface area contributed by atoms with Crippen LogP contribution in [0.25, 0.3) is 10.8 Å². The molecule has 1 aromatic heterocycles. The molecule has 2 aromatic rings. The van der Waals surface area contributed by atoms with Gasteiger partial charge in [-0.05, 0) is 18.9 Å². The van der Waals surface area contributed by atoms with Gasteiger partial charge in [0.05, 0.1) is 5.39 Å². The predicted octanol–water partition coefficient (Wildman–Crippen LogP) is 0.670. The zero-order valence-electron chi connectivity index (χ0n) is 11.4. The van der Waals surface area contributed by atoms with Gasteiger partial charge in [-0.25, -0.2) is 5.10 Å². The van der Waals surface area contributed by atoms with Gasteiger partial charge in [-0.3, -0.25) is 9.59 Å². The molecule has 3 N–H and O–H groups in total. The molecule has 106 valence electrons. The number of aliphatic hydroxyl groups excluding tert-OH is 1. The van der Waals surface area contributed by atoms with E-state index in [0.717, 1.165) is 0 Å². The number of H-pyrrole nitrogens is 1. The topological polar surface area (TPSA) is 95.1 Å². The number of carbonyl (C=O) groups is 1. The highest BCUT2D eigenvalue weighted by Crippen LogP contribution is 2.12. The second-order valence-electron chi connectivity index (χ2n) is 4.87. The van der Waals surface area contributed by atoms with Crippen LogP contribution in [0.5, 0.6) is 0 Å². The summed E-state index contributed by atoms with van der Waals surface area (Å²) in [5.74, 6) is -0.432. The summed E-state index contributed by atoms with van der Waals surface area (Å²) in [5, 5.41) is 19.0. The summed E-state index contributed by atoms with van der Waals surface area (Å²) in [7, 11) is 0. The molecule has 6 nitrogen and oxygen atoms in total. The average molecular weight is 275 g/mol. The quantitative estimate of drug-likeness (QED) is 0.764. The maximum Gasteiger partial charge on any atom is 0.272 e. The smallest absolute Gasteiger partial charge is 0.272 e. The Morgan fingerprint density at radius 3 is 2.65 bits per heavy atom. The fraction of sp³-hybridized carbons (Fsp3) is 0.357. The highest BCUT2D eigenvalue weighted by Gasteiger charge is 2.18. The van der Waals surface area contributed by atoms with Crippen LogP contribution in [-0.4, -0.2) is 33.9 Å². The van der Waals surface area contributed by atoms with Crippen LogP contribution in [0.2, 0.25) is 0 Å². The van der Waals surface area contributed by atoms with Crippen molar-refractivity contribution in [3.8, 4) is 0 Å². The highest BCUT2D eigenvalue weighted by atomic mass is 16.3. The molecule has 0 aliphatic rings. The third kappa shape index (κ3) is 2.70. The predicted molar refractivity (Wildman–Crippen MR) is 75.5 cm³/mol. The largest absolute Gasteiger partial charge is 0.396 e. The molecule has 0 aliphatic carbocycles. The van der Waals surface area contributed by atoms with E-state index in [-0.39, 0.29) is 35.7 Å². The fourth-order valence-electron chi connectivity index (χ4n) is 1.86. The molecule has 2 atom stereocenters. The highest BCUT2D eigenvalue weighted by molar-refractivity contribution is 6.04. The second kappa shape index (κ2) is 5.83. The first-order valence-corrected chi connectivity index (χ1v) is 6.43. The molecule has 20 heavy (non-hydrogen) atoms. The first kappa shape index (κ1) is 14.2. The maximum atomic E-state index is 12.2. The van der Waals surface area contributed by atoms with E-state index in [0.29, 0.717) is 10.8 Å². The Morgan fingerprint density at radius 2 is 2.00 bits per heavy atom. The normalized spacial score (nSPS) is 13.9. The van der Waals surface area contributed by atoms with Crippen LogP contribution in [0.15, 0.2) is 29.1 Å². The number of benzene rings is 1. The lowest BCUT2D eigenvalue weighted by atomic mass is 10.0. The third-order valence-electron chi connectivity index (χ3n) is 3.41. The van der Waals surface area contributed by atoms with Crippen molar-refractivity contribution in [3.63, 3.8) is 0 Å². The average Bonchev–Trinajstić information content (AvgIpc) is 2.46. The Hall–Kier alpha value is -2.21. The lowest BCUT2D eigenvalue weighted by Gasteiger charge is -2.19. The molecule has 0 spiro atoms. The zero-order valence-corrected chi connectivity index (χ0v) is 11.4. The molecule has 1 heterocycles. The van der Waals surface area contributed by atoms with E-state index >= 15 is 0 Å².